The Morgan fingerprint density at radius 3 is 2.00 bits per heavy atom. The summed E-state index contributed by atoms with van der Waals surface area (Å²) in [6, 6.07) is -0.594. The number of phenols is 1. The Kier molecular flexibility index (Phi) is 10.9. The van der Waals surface area contributed by atoms with Crippen LogP contribution in [0.1, 0.15) is 50.0 Å². The average Bonchev–Trinajstić information content (AvgIpc) is 2.97. The molecular weight excluding hydrogens is 595 g/mol. The minimum Gasteiger partial charge on any atom is -0.507 e. The highest BCUT2D eigenvalue weighted by molar-refractivity contribution is 6.00. The van der Waals surface area contributed by atoms with Crippen LogP contribution in [0.4, 0.5) is 22.0 Å². The highest BCUT2D eigenvalue weighted by Crippen LogP contribution is 2.26. The van der Waals surface area contributed by atoms with Gasteiger partial charge in [-0.2, -0.15) is 0 Å². The van der Waals surface area contributed by atoms with Gasteiger partial charge in [0.15, 0.2) is 23.3 Å². The van der Waals surface area contributed by atoms with Gasteiger partial charge in [-0.05, 0) is 31.4 Å². The van der Waals surface area contributed by atoms with Crippen LogP contribution < -0.4 is 21.3 Å². The first kappa shape index (κ1) is 34.2. The first-order valence-electron chi connectivity index (χ1n) is 13.7. The maximum Gasteiger partial charge on any atom is 0.255 e. The number of halogens is 5. The molecule has 6 unspecified atom stereocenters. The van der Waals surface area contributed by atoms with Crippen molar-refractivity contribution in [2.24, 2.45) is 11.8 Å². The van der Waals surface area contributed by atoms with E-state index in [2.05, 4.69) is 21.3 Å². The van der Waals surface area contributed by atoms with Crippen molar-refractivity contribution in [2.45, 2.75) is 70.8 Å². The second-order valence-corrected chi connectivity index (χ2v) is 11.1. The van der Waals surface area contributed by atoms with Crippen LogP contribution in [0.15, 0.2) is 24.3 Å². The predicted molar refractivity (Wildman–Crippen MR) is 145 cm³/mol. The number of carbonyl (C=O) groups excluding carboxylic acids is 4. The Labute approximate surface area is 249 Å². The van der Waals surface area contributed by atoms with Crippen LogP contribution in [-0.4, -0.2) is 64.1 Å². The SMILES string of the molecule is CC(C)CC1NC(=O)C(C)C(O)C(Cc2c(F)c(F)c(F)c(F)c2F)NC(=O)C(NC(=O)c2ccccc2O)C(C)NC1=O. The number of phenolic OH excluding ortho intramolecular Hbond substituents is 1. The van der Waals surface area contributed by atoms with Crippen LogP contribution in [0.3, 0.4) is 0 Å². The molecule has 4 amide bonds. The summed E-state index contributed by atoms with van der Waals surface area (Å²) in [4.78, 5) is 52.9. The summed E-state index contributed by atoms with van der Waals surface area (Å²) in [7, 11) is 0. The van der Waals surface area contributed by atoms with E-state index in [9.17, 15) is 51.3 Å². The first-order valence-corrected chi connectivity index (χ1v) is 13.7. The summed E-state index contributed by atoms with van der Waals surface area (Å²) >= 11 is 0. The van der Waals surface area contributed by atoms with Gasteiger partial charge in [0.25, 0.3) is 5.91 Å². The summed E-state index contributed by atoms with van der Waals surface area (Å²) < 4.78 is 70.9. The third-order valence-corrected chi connectivity index (χ3v) is 7.32. The zero-order chi connectivity index (χ0) is 33.0. The maximum absolute atomic E-state index is 14.6. The lowest BCUT2D eigenvalue weighted by atomic mass is 9.90. The lowest BCUT2D eigenvalue weighted by molar-refractivity contribution is -0.136. The van der Waals surface area contributed by atoms with Crippen molar-refractivity contribution in [1.82, 2.24) is 21.3 Å². The smallest absolute Gasteiger partial charge is 0.255 e. The van der Waals surface area contributed by atoms with Crippen molar-refractivity contribution in [2.75, 3.05) is 0 Å². The Balaban J connectivity index is 2.10. The van der Waals surface area contributed by atoms with E-state index >= 15 is 0 Å². The number of aliphatic hydroxyl groups excluding tert-OH is 1. The van der Waals surface area contributed by atoms with Gasteiger partial charge in [-0.15, -0.1) is 0 Å². The van der Waals surface area contributed by atoms with Gasteiger partial charge in [-0.25, -0.2) is 22.0 Å². The summed E-state index contributed by atoms with van der Waals surface area (Å²) in [5.74, 6) is -17.1. The fourth-order valence-corrected chi connectivity index (χ4v) is 4.80. The van der Waals surface area contributed by atoms with E-state index in [1.807, 2.05) is 0 Å². The molecule has 0 saturated carbocycles. The summed E-state index contributed by atoms with van der Waals surface area (Å²) in [6.07, 6.45) is -3.03. The standard InChI is InChI=1S/C29H33F5N4O6/c1-11(2)9-17-28(43)35-13(4)24(38-27(42)14-7-5-6-8-18(14)39)29(44)36-16(25(40)12(3)26(41)37-17)10-15-19(30)21(32)23(34)22(33)20(15)31/h5-8,11-13,16-17,24-25,39-40H,9-10H2,1-4H3,(H,35,43)(H,36,44)(H,37,41)(H,38,42). The molecular formula is C29H33F5N4O6. The number of hydrogen-bond donors (Lipinski definition) is 6. The van der Waals surface area contributed by atoms with E-state index < -0.39 is 107 Å². The maximum atomic E-state index is 14.6. The van der Waals surface area contributed by atoms with Crippen LogP contribution in [0.2, 0.25) is 0 Å². The second kappa shape index (κ2) is 14.0. The van der Waals surface area contributed by atoms with Gasteiger partial charge in [0, 0.05) is 12.0 Å². The number of aliphatic hydroxyl groups is 1. The number of carbonyl (C=O) groups is 4. The Bertz CT molecular complexity index is 1410. The van der Waals surface area contributed by atoms with E-state index in [1.54, 1.807) is 13.8 Å². The highest BCUT2D eigenvalue weighted by Gasteiger charge is 2.39. The zero-order valence-corrected chi connectivity index (χ0v) is 24.2. The van der Waals surface area contributed by atoms with E-state index in [4.69, 9.17) is 0 Å². The molecule has 6 atom stereocenters. The number of rotatable bonds is 6. The van der Waals surface area contributed by atoms with Crippen LogP contribution in [0, 0.1) is 40.9 Å². The van der Waals surface area contributed by atoms with Crippen molar-refractivity contribution < 1.29 is 51.3 Å². The van der Waals surface area contributed by atoms with Gasteiger partial charge < -0.3 is 31.5 Å². The molecule has 3 rings (SSSR count). The molecule has 240 valence electrons. The lowest BCUT2D eigenvalue weighted by Crippen LogP contribution is -2.64. The molecule has 0 spiro atoms. The molecule has 1 aliphatic rings. The number of para-hydroxylation sites is 1. The molecule has 0 aromatic heterocycles. The molecule has 0 aliphatic carbocycles. The molecule has 1 saturated heterocycles. The third-order valence-electron chi connectivity index (χ3n) is 7.32. The predicted octanol–water partition coefficient (Wildman–Crippen LogP) is 1.96. The molecule has 1 heterocycles. The fraction of sp³-hybridized carbons (Fsp3) is 0.448. The monoisotopic (exact) mass is 628 g/mol. The number of benzene rings is 2. The van der Waals surface area contributed by atoms with Crippen molar-refractivity contribution in [3.05, 3.63) is 64.5 Å². The zero-order valence-electron chi connectivity index (χ0n) is 24.2. The van der Waals surface area contributed by atoms with E-state index in [-0.39, 0.29) is 17.9 Å². The van der Waals surface area contributed by atoms with Crippen LogP contribution in [0.5, 0.6) is 5.75 Å². The van der Waals surface area contributed by atoms with Gasteiger partial charge in [0.05, 0.1) is 29.7 Å². The minimum absolute atomic E-state index is 0.113. The first-order chi connectivity index (χ1) is 20.5. The van der Waals surface area contributed by atoms with Crippen molar-refractivity contribution >= 4 is 23.6 Å². The molecule has 6 N–H and O–H groups in total. The van der Waals surface area contributed by atoms with Crippen molar-refractivity contribution in [3.8, 4) is 5.75 Å². The van der Waals surface area contributed by atoms with E-state index in [0.29, 0.717) is 0 Å². The molecule has 1 aliphatic heterocycles. The molecule has 44 heavy (non-hydrogen) atoms. The van der Waals surface area contributed by atoms with Gasteiger partial charge in [0.2, 0.25) is 23.5 Å². The Morgan fingerprint density at radius 1 is 0.864 bits per heavy atom. The van der Waals surface area contributed by atoms with E-state index in [1.165, 1.54) is 38.1 Å². The van der Waals surface area contributed by atoms with Crippen LogP contribution in [-0.2, 0) is 20.8 Å². The van der Waals surface area contributed by atoms with Crippen LogP contribution >= 0.6 is 0 Å². The number of aromatic hydroxyl groups is 1. The summed E-state index contributed by atoms with van der Waals surface area (Å²) in [6.45, 7) is 6.03. The average molecular weight is 629 g/mol. The lowest BCUT2D eigenvalue weighted by Gasteiger charge is -2.34. The van der Waals surface area contributed by atoms with Gasteiger partial charge in [-0.3, -0.25) is 19.2 Å². The highest BCUT2D eigenvalue weighted by atomic mass is 19.2. The van der Waals surface area contributed by atoms with Gasteiger partial charge >= 0.3 is 0 Å². The number of hydrogen-bond acceptors (Lipinski definition) is 6. The van der Waals surface area contributed by atoms with Crippen LogP contribution in [0.25, 0.3) is 0 Å². The molecule has 0 bridgehead atoms. The molecule has 0 radical (unpaired) electrons. The number of amides is 4. The fourth-order valence-electron chi connectivity index (χ4n) is 4.80. The largest absolute Gasteiger partial charge is 0.507 e. The molecule has 1 fully saturated rings. The van der Waals surface area contributed by atoms with Gasteiger partial charge in [-0.1, -0.05) is 32.9 Å². The second-order valence-electron chi connectivity index (χ2n) is 11.1. The van der Waals surface area contributed by atoms with Gasteiger partial charge in [0.1, 0.15) is 17.8 Å². The Morgan fingerprint density at radius 2 is 1.43 bits per heavy atom. The summed E-state index contributed by atoms with van der Waals surface area (Å²) in [5.41, 5.74) is -1.61. The molecule has 2 aromatic carbocycles. The Hall–Kier alpha value is -4.27. The topological polar surface area (TPSA) is 157 Å². The third kappa shape index (κ3) is 7.44. The molecule has 2 aromatic rings. The number of nitrogens with one attached hydrogen (secondary N) is 4. The normalized spacial score (nSPS) is 24.9. The molecule has 15 heteroatoms. The quantitative estimate of drug-likeness (QED) is 0.163. The van der Waals surface area contributed by atoms with E-state index in [0.717, 1.165) is 0 Å². The minimum atomic E-state index is -2.41. The van der Waals surface area contributed by atoms with Crippen molar-refractivity contribution in [1.29, 1.82) is 0 Å². The van der Waals surface area contributed by atoms with Crippen molar-refractivity contribution in [3.63, 3.8) is 0 Å². The molecule has 10 nitrogen and oxygen atoms in total. The summed E-state index contributed by atoms with van der Waals surface area (Å²) in [5, 5.41) is 30.8.